The lowest BCUT2D eigenvalue weighted by atomic mass is 9.80. The second-order valence-corrected chi connectivity index (χ2v) is 4.64. The van der Waals surface area contributed by atoms with Gasteiger partial charge in [-0.25, -0.2) is 0 Å². The quantitative estimate of drug-likeness (QED) is 0.605. The van der Waals surface area contributed by atoms with Gasteiger partial charge in [0.1, 0.15) is 0 Å². The molecule has 2 N–H and O–H groups in total. The summed E-state index contributed by atoms with van der Waals surface area (Å²) in [4.78, 5) is 0. The average Bonchev–Trinajstić information content (AvgIpc) is 2.11. The second kappa shape index (κ2) is 3.77. The number of rotatable bonds is 0. The van der Waals surface area contributed by atoms with Gasteiger partial charge in [0.25, 0.3) is 0 Å². The van der Waals surface area contributed by atoms with E-state index in [0.29, 0.717) is 11.5 Å². The van der Waals surface area contributed by atoms with Gasteiger partial charge >= 0.3 is 0 Å². The summed E-state index contributed by atoms with van der Waals surface area (Å²) in [6.45, 7) is 6.95. The molecule has 0 bridgehead atoms. The summed E-state index contributed by atoms with van der Waals surface area (Å²) in [7, 11) is 0. The van der Waals surface area contributed by atoms with Crippen molar-refractivity contribution in [2.75, 3.05) is 0 Å². The smallest absolute Gasteiger partial charge is 0.00417 e. The van der Waals surface area contributed by atoms with Crippen LogP contribution in [0.25, 0.3) is 0 Å². The van der Waals surface area contributed by atoms with Crippen molar-refractivity contribution in [1.29, 1.82) is 0 Å². The molecule has 0 radical (unpaired) electrons. The summed E-state index contributed by atoms with van der Waals surface area (Å²) < 4.78 is 0. The van der Waals surface area contributed by atoms with E-state index in [-0.39, 0.29) is 12.4 Å². The molecule has 1 fully saturated rings. The number of hydrogen-bond donors (Lipinski definition) is 1. The molecule has 1 aliphatic carbocycles. The molecule has 1 rings (SSSR count). The van der Waals surface area contributed by atoms with Gasteiger partial charge in [0.2, 0.25) is 0 Å². The van der Waals surface area contributed by atoms with Crippen molar-refractivity contribution in [2.45, 2.75) is 46.1 Å². The van der Waals surface area contributed by atoms with Gasteiger partial charge in [-0.2, -0.15) is 0 Å². The normalized spacial score (nSPS) is 31.6. The topological polar surface area (TPSA) is 26.0 Å². The standard InChI is InChI=1S/C9H19N.ClH/c1-9(2,3)7-4-5-8(10)6-7;/h7-8H,4-6,10H2,1-3H3;1H. The Kier molecular flexibility index (Phi) is 3.86. The Morgan fingerprint density at radius 3 is 1.91 bits per heavy atom. The fraction of sp³-hybridized carbons (Fsp3) is 1.00. The van der Waals surface area contributed by atoms with Crippen molar-refractivity contribution >= 4 is 12.4 Å². The van der Waals surface area contributed by atoms with E-state index >= 15 is 0 Å². The zero-order valence-corrected chi connectivity index (χ0v) is 8.58. The zero-order chi connectivity index (χ0) is 7.78. The lowest BCUT2D eigenvalue weighted by Gasteiger charge is -2.26. The molecule has 0 aromatic rings. The molecule has 0 heterocycles. The molecule has 68 valence electrons. The van der Waals surface area contributed by atoms with E-state index in [2.05, 4.69) is 20.8 Å². The molecule has 0 amide bonds. The zero-order valence-electron chi connectivity index (χ0n) is 7.76. The molecule has 2 heteroatoms. The Hall–Kier alpha value is 0.250. The van der Waals surface area contributed by atoms with Crippen LogP contribution >= 0.6 is 12.4 Å². The second-order valence-electron chi connectivity index (χ2n) is 4.64. The molecule has 0 aromatic carbocycles. The van der Waals surface area contributed by atoms with Crippen molar-refractivity contribution in [2.24, 2.45) is 17.1 Å². The summed E-state index contributed by atoms with van der Waals surface area (Å²) in [5.74, 6) is 0.863. The van der Waals surface area contributed by atoms with Gasteiger partial charge in [-0.3, -0.25) is 0 Å². The van der Waals surface area contributed by atoms with Gasteiger partial charge in [0.15, 0.2) is 0 Å². The summed E-state index contributed by atoms with van der Waals surface area (Å²) in [5, 5.41) is 0. The van der Waals surface area contributed by atoms with Crippen LogP contribution in [0.15, 0.2) is 0 Å². The molecular weight excluding hydrogens is 158 g/mol. The fourth-order valence-corrected chi connectivity index (χ4v) is 1.80. The molecule has 2 atom stereocenters. The third-order valence-electron chi connectivity index (χ3n) is 2.70. The Balaban J connectivity index is 0.000001000. The van der Waals surface area contributed by atoms with Crippen molar-refractivity contribution in [3.63, 3.8) is 0 Å². The van der Waals surface area contributed by atoms with Gasteiger partial charge in [-0.05, 0) is 30.6 Å². The molecule has 11 heavy (non-hydrogen) atoms. The number of halogens is 1. The van der Waals surface area contributed by atoms with Crippen LogP contribution in [-0.4, -0.2) is 6.04 Å². The number of hydrogen-bond acceptors (Lipinski definition) is 1. The molecule has 1 saturated carbocycles. The Morgan fingerprint density at radius 1 is 1.18 bits per heavy atom. The molecule has 0 saturated heterocycles. The van der Waals surface area contributed by atoms with Crippen molar-refractivity contribution < 1.29 is 0 Å². The maximum atomic E-state index is 5.82. The van der Waals surface area contributed by atoms with Crippen LogP contribution < -0.4 is 5.73 Å². The predicted octanol–water partition coefficient (Wildman–Crippen LogP) is 2.58. The monoisotopic (exact) mass is 177 g/mol. The molecule has 0 aromatic heterocycles. The largest absolute Gasteiger partial charge is 0.328 e. The number of nitrogens with two attached hydrogens (primary N) is 1. The SMILES string of the molecule is CC(C)(C)C1CCC(N)C1.Cl. The first-order valence-corrected chi connectivity index (χ1v) is 4.26. The van der Waals surface area contributed by atoms with Crippen molar-refractivity contribution in [1.82, 2.24) is 0 Å². The van der Waals surface area contributed by atoms with Gasteiger partial charge in [0.05, 0.1) is 0 Å². The summed E-state index contributed by atoms with van der Waals surface area (Å²) in [6, 6.07) is 0.490. The molecule has 1 nitrogen and oxygen atoms in total. The van der Waals surface area contributed by atoms with Gasteiger partial charge in [-0.15, -0.1) is 12.4 Å². The highest BCUT2D eigenvalue weighted by molar-refractivity contribution is 5.85. The van der Waals surface area contributed by atoms with E-state index in [0.717, 1.165) is 5.92 Å². The van der Waals surface area contributed by atoms with Crippen LogP contribution in [0, 0.1) is 11.3 Å². The van der Waals surface area contributed by atoms with E-state index in [1.807, 2.05) is 0 Å². The third kappa shape index (κ3) is 3.00. The minimum atomic E-state index is 0. The Morgan fingerprint density at radius 2 is 1.73 bits per heavy atom. The van der Waals surface area contributed by atoms with Crippen LogP contribution in [0.1, 0.15) is 40.0 Å². The van der Waals surface area contributed by atoms with Gasteiger partial charge in [0, 0.05) is 6.04 Å². The molecule has 0 spiro atoms. The average molecular weight is 178 g/mol. The molecule has 2 unspecified atom stereocenters. The van der Waals surface area contributed by atoms with E-state index in [9.17, 15) is 0 Å². The Labute approximate surface area is 76.1 Å². The summed E-state index contributed by atoms with van der Waals surface area (Å²) in [6.07, 6.45) is 3.82. The van der Waals surface area contributed by atoms with E-state index in [1.165, 1.54) is 19.3 Å². The predicted molar refractivity (Wildman–Crippen MR) is 52.0 cm³/mol. The fourth-order valence-electron chi connectivity index (χ4n) is 1.80. The first kappa shape index (κ1) is 11.2. The van der Waals surface area contributed by atoms with E-state index in [1.54, 1.807) is 0 Å². The Bertz CT molecular complexity index is 117. The maximum absolute atomic E-state index is 5.82. The van der Waals surface area contributed by atoms with Crippen molar-refractivity contribution in [3.8, 4) is 0 Å². The summed E-state index contributed by atoms with van der Waals surface area (Å²) in [5.41, 5.74) is 6.30. The van der Waals surface area contributed by atoms with Gasteiger partial charge in [-0.1, -0.05) is 20.8 Å². The highest BCUT2D eigenvalue weighted by Crippen LogP contribution is 2.38. The van der Waals surface area contributed by atoms with Crippen LogP contribution in [0.5, 0.6) is 0 Å². The highest BCUT2D eigenvalue weighted by Gasteiger charge is 2.30. The third-order valence-corrected chi connectivity index (χ3v) is 2.70. The first-order valence-electron chi connectivity index (χ1n) is 4.26. The lowest BCUT2D eigenvalue weighted by molar-refractivity contribution is 0.244. The minimum Gasteiger partial charge on any atom is -0.328 e. The maximum Gasteiger partial charge on any atom is 0.00417 e. The minimum absolute atomic E-state index is 0. The molecule has 1 aliphatic rings. The van der Waals surface area contributed by atoms with E-state index in [4.69, 9.17) is 5.73 Å². The first-order chi connectivity index (χ1) is 4.50. The van der Waals surface area contributed by atoms with Gasteiger partial charge < -0.3 is 5.73 Å². The summed E-state index contributed by atoms with van der Waals surface area (Å²) >= 11 is 0. The van der Waals surface area contributed by atoms with Crippen molar-refractivity contribution in [3.05, 3.63) is 0 Å². The van der Waals surface area contributed by atoms with Crippen LogP contribution in [0.3, 0.4) is 0 Å². The van der Waals surface area contributed by atoms with Crippen LogP contribution in [0.4, 0.5) is 0 Å². The molecular formula is C9H20ClN. The van der Waals surface area contributed by atoms with E-state index < -0.39 is 0 Å². The van der Waals surface area contributed by atoms with Crippen LogP contribution in [-0.2, 0) is 0 Å². The van der Waals surface area contributed by atoms with Crippen LogP contribution in [0.2, 0.25) is 0 Å². The lowest BCUT2D eigenvalue weighted by Crippen LogP contribution is -2.21. The molecule has 0 aliphatic heterocycles. The highest BCUT2D eigenvalue weighted by atomic mass is 35.5.